The predicted octanol–water partition coefficient (Wildman–Crippen LogP) is 0.948. The molecule has 0 unspecified atom stereocenters. The largest absolute Gasteiger partial charge is 0.497 e. The van der Waals surface area contributed by atoms with Crippen LogP contribution in [-0.4, -0.2) is 49.8 Å². The Hall–Kier alpha value is -1.59. The van der Waals surface area contributed by atoms with E-state index in [-0.39, 0.29) is 12.5 Å². The number of aliphatic hydroxyl groups is 1. The van der Waals surface area contributed by atoms with Crippen LogP contribution < -0.4 is 10.1 Å². The van der Waals surface area contributed by atoms with Gasteiger partial charge >= 0.3 is 0 Å². The van der Waals surface area contributed by atoms with Crippen LogP contribution in [0.1, 0.15) is 6.42 Å². The molecule has 0 fully saturated rings. The fourth-order valence-corrected chi connectivity index (χ4v) is 1.54. The standard InChI is InChI=1S/C13H20N2O3/c1-15(8-3-9-16)10-13(17)14-11-4-6-12(18-2)7-5-11/h4-7,16H,3,8-10H2,1-2H3,(H,14,17). The Bertz CT molecular complexity index is 365. The van der Waals surface area contributed by atoms with Gasteiger partial charge in [0.2, 0.25) is 5.91 Å². The average Bonchev–Trinajstić information content (AvgIpc) is 2.37. The molecular weight excluding hydrogens is 232 g/mol. The average molecular weight is 252 g/mol. The summed E-state index contributed by atoms with van der Waals surface area (Å²) in [5.74, 6) is 0.689. The van der Waals surface area contributed by atoms with Crippen LogP contribution in [0.15, 0.2) is 24.3 Å². The molecule has 1 rings (SSSR count). The van der Waals surface area contributed by atoms with E-state index in [0.29, 0.717) is 19.5 Å². The van der Waals surface area contributed by atoms with E-state index in [1.54, 1.807) is 31.4 Å². The van der Waals surface area contributed by atoms with Gasteiger partial charge in [-0.15, -0.1) is 0 Å². The number of anilines is 1. The summed E-state index contributed by atoms with van der Waals surface area (Å²) in [6, 6.07) is 7.19. The number of benzene rings is 1. The molecule has 0 heterocycles. The van der Waals surface area contributed by atoms with Gasteiger partial charge in [0.25, 0.3) is 0 Å². The molecule has 0 bridgehead atoms. The van der Waals surface area contributed by atoms with Gasteiger partial charge < -0.3 is 15.2 Å². The van der Waals surface area contributed by atoms with E-state index in [1.807, 2.05) is 11.9 Å². The Balaban J connectivity index is 2.39. The van der Waals surface area contributed by atoms with Crippen molar-refractivity contribution in [3.05, 3.63) is 24.3 Å². The second kappa shape index (κ2) is 7.68. The number of amides is 1. The molecule has 0 aliphatic heterocycles. The van der Waals surface area contributed by atoms with Crippen molar-refractivity contribution in [2.45, 2.75) is 6.42 Å². The summed E-state index contributed by atoms with van der Waals surface area (Å²) in [6.07, 6.45) is 0.673. The number of carbonyl (C=O) groups excluding carboxylic acids is 1. The van der Waals surface area contributed by atoms with Crippen LogP contribution >= 0.6 is 0 Å². The minimum atomic E-state index is -0.0689. The maximum absolute atomic E-state index is 11.7. The van der Waals surface area contributed by atoms with Crippen molar-refractivity contribution in [3.8, 4) is 5.75 Å². The fourth-order valence-electron chi connectivity index (χ4n) is 1.54. The van der Waals surface area contributed by atoms with Crippen LogP contribution in [0.3, 0.4) is 0 Å². The molecule has 5 heteroatoms. The topological polar surface area (TPSA) is 61.8 Å². The number of ether oxygens (including phenoxy) is 1. The monoisotopic (exact) mass is 252 g/mol. The van der Waals surface area contributed by atoms with Crippen LogP contribution in [-0.2, 0) is 4.79 Å². The molecule has 0 aliphatic rings. The predicted molar refractivity (Wildman–Crippen MR) is 70.8 cm³/mol. The Morgan fingerprint density at radius 2 is 2.06 bits per heavy atom. The zero-order valence-corrected chi connectivity index (χ0v) is 10.8. The van der Waals surface area contributed by atoms with Gasteiger partial charge in [-0.2, -0.15) is 0 Å². The number of aliphatic hydroxyl groups excluding tert-OH is 1. The molecule has 2 N–H and O–H groups in total. The van der Waals surface area contributed by atoms with Crippen LogP contribution in [0, 0.1) is 0 Å². The summed E-state index contributed by atoms with van der Waals surface area (Å²) in [7, 11) is 3.45. The quantitative estimate of drug-likeness (QED) is 0.758. The summed E-state index contributed by atoms with van der Waals surface area (Å²) in [5.41, 5.74) is 0.747. The summed E-state index contributed by atoms with van der Waals surface area (Å²) >= 11 is 0. The highest BCUT2D eigenvalue weighted by molar-refractivity contribution is 5.92. The summed E-state index contributed by atoms with van der Waals surface area (Å²) in [5, 5.41) is 11.5. The van der Waals surface area contributed by atoms with Crippen molar-refractivity contribution in [2.24, 2.45) is 0 Å². The first-order valence-corrected chi connectivity index (χ1v) is 5.89. The molecule has 5 nitrogen and oxygen atoms in total. The van der Waals surface area contributed by atoms with Crippen molar-refractivity contribution < 1.29 is 14.6 Å². The highest BCUT2D eigenvalue weighted by atomic mass is 16.5. The molecule has 1 amide bonds. The zero-order valence-electron chi connectivity index (χ0n) is 10.8. The Morgan fingerprint density at radius 3 is 2.61 bits per heavy atom. The van der Waals surface area contributed by atoms with E-state index < -0.39 is 0 Å². The van der Waals surface area contributed by atoms with Crippen LogP contribution in [0.25, 0.3) is 0 Å². The molecule has 0 spiro atoms. The lowest BCUT2D eigenvalue weighted by Crippen LogP contribution is -2.31. The second-order valence-electron chi connectivity index (χ2n) is 4.09. The number of carbonyl (C=O) groups is 1. The number of nitrogens with zero attached hydrogens (tertiary/aromatic N) is 1. The zero-order chi connectivity index (χ0) is 13.4. The number of hydrogen-bond acceptors (Lipinski definition) is 4. The van der Waals surface area contributed by atoms with Gasteiger partial charge in [-0.1, -0.05) is 0 Å². The minimum absolute atomic E-state index is 0.0689. The molecular formula is C13H20N2O3. The first-order valence-electron chi connectivity index (χ1n) is 5.89. The molecule has 18 heavy (non-hydrogen) atoms. The van der Waals surface area contributed by atoms with E-state index in [2.05, 4.69) is 5.32 Å². The van der Waals surface area contributed by atoms with E-state index in [9.17, 15) is 4.79 Å². The molecule has 100 valence electrons. The third-order valence-electron chi connectivity index (χ3n) is 2.49. The summed E-state index contributed by atoms with van der Waals surface area (Å²) in [4.78, 5) is 13.6. The lowest BCUT2D eigenvalue weighted by atomic mass is 10.3. The third-order valence-corrected chi connectivity index (χ3v) is 2.49. The number of likely N-dealkylation sites (N-methyl/N-ethyl adjacent to an activating group) is 1. The van der Waals surface area contributed by atoms with E-state index in [0.717, 1.165) is 11.4 Å². The van der Waals surface area contributed by atoms with Gasteiger partial charge in [0.1, 0.15) is 5.75 Å². The maximum atomic E-state index is 11.7. The molecule has 1 aromatic carbocycles. The molecule has 0 saturated carbocycles. The van der Waals surface area contributed by atoms with Gasteiger partial charge in [-0.3, -0.25) is 9.69 Å². The van der Waals surface area contributed by atoms with Crippen LogP contribution in [0.2, 0.25) is 0 Å². The third kappa shape index (κ3) is 5.16. The van der Waals surface area contributed by atoms with Gasteiger partial charge in [0.05, 0.1) is 13.7 Å². The lowest BCUT2D eigenvalue weighted by Gasteiger charge is -2.15. The van der Waals surface area contributed by atoms with Gasteiger partial charge in [-0.05, 0) is 37.7 Å². The van der Waals surface area contributed by atoms with Crippen molar-refractivity contribution in [2.75, 3.05) is 39.2 Å². The molecule has 0 aromatic heterocycles. The number of methoxy groups -OCH3 is 1. The van der Waals surface area contributed by atoms with Crippen molar-refractivity contribution in [3.63, 3.8) is 0 Å². The molecule has 0 saturated heterocycles. The highest BCUT2D eigenvalue weighted by Crippen LogP contribution is 2.14. The minimum Gasteiger partial charge on any atom is -0.497 e. The molecule has 0 atom stereocenters. The van der Waals surface area contributed by atoms with E-state index >= 15 is 0 Å². The molecule has 1 aromatic rings. The van der Waals surface area contributed by atoms with Gasteiger partial charge in [0, 0.05) is 18.8 Å². The normalized spacial score (nSPS) is 10.4. The number of rotatable bonds is 7. The lowest BCUT2D eigenvalue weighted by molar-refractivity contribution is -0.117. The van der Waals surface area contributed by atoms with E-state index in [4.69, 9.17) is 9.84 Å². The number of nitrogens with one attached hydrogen (secondary N) is 1. The molecule has 0 radical (unpaired) electrons. The van der Waals surface area contributed by atoms with Crippen molar-refractivity contribution in [1.82, 2.24) is 4.90 Å². The maximum Gasteiger partial charge on any atom is 0.238 e. The highest BCUT2D eigenvalue weighted by Gasteiger charge is 2.06. The van der Waals surface area contributed by atoms with Crippen LogP contribution in [0.4, 0.5) is 5.69 Å². The van der Waals surface area contributed by atoms with Crippen molar-refractivity contribution >= 4 is 11.6 Å². The molecule has 0 aliphatic carbocycles. The first kappa shape index (κ1) is 14.5. The fraction of sp³-hybridized carbons (Fsp3) is 0.462. The second-order valence-corrected chi connectivity index (χ2v) is 4.09. The number of hydrogen-bond donors (Lipinski definition) is 2. The Morgan fingerprint density at radius 1 is 1.39 bits per heavy atom. The van der Waals surface area contributed by atoms with Gasteiger partial charge in [0.15, 0.2) is 0 Å². The van der Waals surface area contributed by atoms with Crippen LogP contribution in [0.5, 0.6) is 5.75 Å². The van der Waals surface area contributed by atoms with Crippen molar-refractivity contribution in [1.29, 1.82) is 0 Å². The first-order chi connectivity index (χ1) is 8.65. The Kier molecular flexibility index (Phi) is 6.18. The Labute approximate surface area is 107 Å². The SMILES string of the molecule is COc1ccc(NC(=O)CN(C)CCCO)cc1. The summed E-state index contributed by atoms with van der Waals surface area (Å²) < 4.78 is 5.04. The van der Waals surface area contributed by atoms with E-state index in [1.165, 1.54) is 0 Å². The smallest absolute Gasteiger partial charge is 0.238 e. The van der Waals surface area contributed by atoms with Gasteiger partial charge in [-0.25, -0.2) is 0 Å². The summed E-state index contributed by atoms with van der Waals surface area (Å²) in [6.45, 7) is 1.16.